The number of sulfone groups is 1. The number of rotatable bonds is 2. The molecule has 94 valence electrons. The van der Waals surface area contributed by atoms with Crippen molar-refractivity contribution in [3.05, 3.63) is 48.0 Å². The molecule has 0 saturated carbocycles. The van der Waals surface area contributed by atoms with Gasteiger partial charge in [-0.1, -0.05) is 17.7 Å². The van der Waals surface area contributed by atoms with E-state index < -0.39 is 9.84 Å². The van der Waals surface area contributed by atoms with Crippen LogP contribution in [0.15, 0.2) is 52.3 Å². The Kier molecular flexibility index (Phi) is 3.00. The van der Waals surface area contributed by atoms with E-state index in [4.69, 9.17) is 11.5 Å². The molecule has 0 aromatic heterocycles. The maximum Gasteiger partial charge on any atom is 0.206 e. The molecule has 0 atom stereocenters. The van der Waals surface area contributed by atoms with Crippen molar-refractivity contribution in [2.24, 2.45) is 0 Å². The molecule has 0 heterocycles. The summed E-state index contributed by atoms with van der Waals surface area (Å²) in [7, 11) is -3.53. The summed E-state index contributed by atoms with van der Waals surface area (Å²) in [5, 5.41) is 0. The number of nitrogens with two attached hydrogens (primary N) is 2. The Morgan fingerprint density at radius 2 is 1.39 bits per heavy atom. The van der Waals surface area contributed by atoms with Crippen LogP contribution in [0.5, 0.6) is 0 Å². The van der Waals surface area contributed by atoms with Gasteiger partial charge in [0, 0.05) is 0 Å². The number of nitrogen functional groups attached to an aromatic ring is 2. The van der Waals surface area contributed by atoms with Crippen LogP contribution in [0.25, 0.3) is 0 Å². The summed E-state index contributed by atoms with van der Waals surface area (Å²) in [6, 6.07) is 11.0. The zero-order valence-corrected chi connectivity index (χ0v) is 10.7. The third-order valence-electron chi connectivity index (χ3n) is 2.70. The minimum Gasteiger partial charge on any atom is -0.397 e. The van der Waals surface area contributed by atoms with Crippen LogP contribution < -0.4 is 11.5 Å². The Bertz CT molecular complexity index is 677. The molecule has 0 radical (unpaired) electrons. The van der Waals surface area contributed by atoms with Crippen LogP contribution in [0.1, 0.15) is 5.56 Å². The molecule has 0 unspecified atom stereocenters. The van der Waals surface area contributed by atoms with E-state index in [9.17, 15) is 8.42 Å². The molecule has 0 aliphatic heterocycles. The van der Waals surface area contributed by atoms with Crippen LogP contribution in [0.3, 0.4) is 0 Å². The third-order valence-corrected chi connectivity index (χ3v) is 4.47. The number of hydrogen-bond donors (Lipinski definition) is 2. The second-order valence-electron chi connectivity index (χ2n) is 4.11. The first kappa shape index (κ1) is 12.4. The highest BCUT2D eigenvalue weighted by atomic mass is 32.2. The summed E-state index contributed by atoms with van der Waals surface area (Å²) in [4.78, 5) is 0.398. The predicted octanol–water partition coefficient (Wildman–Crippen LogP) is 1.99. The Morgan fingerprint density at radius 3 is 1.94 bits per heavy atom. The molecule has 18 heavy (non-hydrogen) atoms. The fourth-order valence-corrected chi connectivity index (χ4v) is 2.87. The third kappa shape index (κ3) is 2.17. The maximum absolute atomic E-state index is 12.3. The second-order valence-corrected chi connectivity index (χ2v) is 6.06. The van der Waals surface area contributed by atoms with Crippen molar-refractivity contribution in [3.8, 4) is 0 Å². The topological polar surface area (TPSA) is 86.2 Å². The van der Waals surface area contributed by atoms with Crippen LogP contribution in [0, 0.1) is 6.92 Å². The Labute approximate surface area is 106 Å². The van der Waals surface area contributed by atoms with Gasteiger partial charge < -0.3 is 11.5 Å². The Balaban J connectivity index is 2.54. The average Bonchev–Trinajstić information content (AvgIpc) is 2.33. The average molecular weight is 262 g/mol. The van der Waals surface area contributed by atoms with Crippen molar-refractivity contribution in [3.63, 3.8) is 0 Å². The summed E-state index contributed by atoms with van der Waals surface area (Å²) < 4.78 is 24.6. The molecule has 0 aliphatic rings. The largest absolute Gasteiger partial charge is 0.397 e. The molecule has 2 aromatic carbocycles. The molecule has 0 amide bonds. The number of benzene rings is 2. The number of hydrogen-bond acceptors (Lipinski definition) is 4. The van der Waals surface area contributed by atoms with Crippen molar-refractivity contribution < 1.29 is 8.42 Å². The quantitative estimate of drug-likeness (QED) is 0.810. The van der Waals surface area contributed by atoms with Gasteiger partial charge in [0.25, 0.3) is 0 Å². The lowest BCUT2D eigenvalue weighted by molar-refractivity contribution is 0.596. The molecule has 0 bridgehead atoms. The second kappa shape index (κ2) is 4.34. The van der Waals surface area contributed by atoms with Crippen LogP contribution in [0.2, 0.25) is 0 Å². The molecule has 4 nitrogen and oxygen atoms in total. The molecule has 5 heteroatoms. The SMILES string of the molecule is Cc1ccc(S(=O)(=O)c2ccc(N)c(N)c2)cc1. The van der Waals surface area contributed by atoms with Gasteiger partial charge in [-0.3, -0.25) is 0 Å². The minimum atomic E-state index is -3.53. The van der Waals surface area contributed by atoms with Gasteiger partial charge in [-0.25, -0.2) is 8.42 Å². The number of anilines is 2. The molecule has 0 fully saturated rings. The highest BCUT2D eigenvalue weighted by Crippen LogP contribution is 2.25. The van der Waals surface area contributed by atoms with E-state index in [1.165, 1.54) is 18.2 Å². The van der Waals surface area contributed by atoms with E-state index in [2.05, 4.69) is 0 Å². The van der Waals surface area contributed by atoms with Gasteiger partial charge in [0.05, 0.1) is 21.2 Å². The lowest BCUT2D eigenvalue weighted by Crippen LogP contribution is -2.04. The summed E-state index contributed by atoms with van der Waals surface area (Å²) in [6.45, 7) is 1.90. The molecular formula is C13H14N2O2S. The minimum absolute atomic E-state index is 0.151. The standard InChI is InChI=1S/C13H14N2O2S/c1-9-2-4-10(5-3-9)18(16,17)11-6-7-12(14)13(15)8-11/h2-8H,14-15H2,1H3. The van der Waals surface area contributed by atoms with Crippen molar-refractivity contribution in [1.82, 2.24) is 0 Å². The highest BCUT2D eigenvalue weighted by molar-refractivity contribution is 7.91. The summed E-state index contributed by atoms with van der Waals surface area (Å²) in [5.74, 6) is 0. The molecular weight excluding hydrogens is 248 g/mol. The Morgan fingerprint density at radius 1 is 0.833 bits per heavy atom. The lowest BCUT2D eigenvalue weighted by Gasteiger charge is -2.07. The van der Waals surface area contributed by atoms with Crippen LogP contribution in [-0.2, 0) is 9.84 Å². The fraction of sp³-hybridized carbons (Fsp3) is 0.0769. The van der Waals surface area contributed by atoms with Gasteiger partial charge in [0.1, 0.15) is 0 Å². The van der Waals surface area contributed by atoms with Crippen molar-refractivity contribution >= 4 is 21.2 Å². The summed E-state index contributed by atoms with van der Waals surface area (Å²) in [5.41, 5.74) is 12.8. The van der Waals surface area contributed by atoms with Gasteiger partial charge in [-0.15, -0.1) is 0 Å². The smallest absolute Gasteiger partial charge is 0.206 e. The predicted molar refractivity (Wildman–Crippen MR) is 71.9 cm³/mol. The lowest BCUT2D eigenvalue weighted by atomic mass is 10.2. The maximum atomic E-state index is 12.3. The van der Waals surface area contributed by atoms with Crippen molar-refractivity contribution in [1.29, 1.82) is 0 Å². The molecule has 0 spiro atoms. The van der Waals surface area contributed by atoms with Gasteiger partial charge in [0.2, 0.25) is 9.84 Å². The van der Waals surface area contributed by atoms with E-state index in [-0.39, 0.29) is 15.5 Å². The highest BCUT2D eigenvalue weighted by Gasteiger charge is 2.17. The first-order chi connectivity index (χ1) is 8.41. The normalized spacial score (nSPS) is 11.4. The van der Waals surface area contributed by atoms with Crippen LogP contribution >= 0.6 is 0 Å². The fourth-order valence-electron chi connectivity index (χ4n) is 1.57. The zero-order valence-electron chi connectivity index (χ0n) is 9.92. The van der Waals surface area contributed by atoms with Gasteiger partial charge >= 0.3 is 0 Å². The van der Waals surface area contributed by atoms with Crippen molar-refractivity contribution in [2.45, 2.75) is 16.7 Å². The molecule has 0 aliphatic carbocycles. The van der Waals surface area contributed by atoms with E-state index in [1.807, 2.05) is 6.92 Å². The zero-order chi connectivity index (χ0) is 13.3. The van der Waals surface area contributed by atoms with Gasteiger partial charge in [0.15, 0.2) is 0 Å². The Hall–Kier alpha value is -2.01. The molecule has 2 rings (SSSR count). The van der Waals surface area contributed by atoms with Gasteiger partial charge in [-0.2, -0.15) is 0 Å². The monoisotopic (exact) mass is 262 g/mol. The van der Waals surface area contributed by atoms with E-state index in [0.29, 0.717) is 5.69 Å². The molecule has 2 aromatic rings. The first-order valence-electron chi connectivity index (χ1n) is 5.38. The first-order valence-corrected chi connectivity index (χ1v) is 6.86. The summed E-state index contributed by atoms with van der Waals surface area (Å²) in [6.07, 6.45) is 0. The van der Waals surface area contributed by atoms with Crippen LogP contribution in [-0.4, -0.2) is 8.42 Å². The van der Waals surface area contributed by atoms with Gasteiger partial charge in [-0.05, 0) is 37.3 Å². The number of aryl methyl sites for hydroxylation is 1. The van der Waals surface area contributed by atoms with Crippen LogP contribution in [0.4, 0.5) is 11.4 Å². The molecule has 0 saturated heterocycles. The van der Waals surface area contributed by atoms with Crippen molar-refractivity contribution in [2.75, 3.05) is 11.5 Å². The molecule has 4 N–H and O–H groups in total. The van der Waals surface area contributed by atoms with E-state index in [1.54, 1.807) is 24.3 Å². The van der Waals surface area contributed by atoms with E-state index >= 15 is 0 Å². The summed E-state index contributed by atoms with van der Waals surface area (Å²) >= 11 is 0. The van der Waals surface area contributed by atoms with E-state index in [0.717, 1.165) is 5.56 Å².